The summed E-state index contributed by atoms with van der Waals surface area (Å²) in [5.41, 5.74) is -4.84. The van der Waals surface area contributed by atoms with E-state index in [1.165, 1.54) is 6.92 Å². The molecular weight excluding hydrogens is 520 g/mol. The van der Waals surface area contributed by atoms with Crippen molar-refractivity contribution in [3.8, 4) is 0 Å². The molecule has 0 saturated heterocycles. The fourth-order valence-corrected chi connectivity index (χ4v) is 15.6. The molecule has 0 aliphatic heterocycles. The number of hydrogen-bond donors (Lipinski definition) is 1. The minimum absolute atomic E-state index is 0.345. The third kappa shape index (κ3) is 5.99. The van der Waals surface area contributed by atoms with Gasteiger partial charge in [0.25, 0.3) is 0 Å². The van der Waals surface area contributed by atoms with Crippen LogP contribution in [0.5, 0.6) is 0 Å². The molecular formula is C14H30O12S5. The molecule has 0 aromatic heterocycles. The summed E-state index contributed by atoms with van der Waals surface area (Å²) in [5.74, 6) is -1.63. The molecule has 0 amide bonds. The van der Waals surface area contributed by atoms with Crippen LogP contribution in [0.25, 0.3) is 0 Å². The van der Waals surface area contributed by atoms with E-state index in [0.717, 1.165) is 21.0 Å². The molecule has 0 rings (SSSR count). The molecule has 12 nitrogen and oxygen atoms in total. The molecule has 0 aromatic carbocycles. The van der Waals surface area contributed by atoms with Gasteiger partial charge in [-0.2, -0.15) is 0 Å². The third-order valence-electron chi connectivity index (χ3n) is 4.34. The first-order chi connectivity index (χ1) is 13.6. The second-order valence-corrected chi connectivity index (χ2v) is 18.5. The summed E-state index contributed by atoms with van der Waals surface area (Å²) in [7, 11) is -23.7. The fraction of sp³-hybridized carbons (Fsp3) is 0.929. The van der Waals surface area contributed by atoms with E-state index >= 15 is 0 Å². The van der Waals surface area contributed by atoms with Crippen LogP contribution in [0.2, 0.25) is 0 Å². The summed E-state index contributed by atoms with van der Waals surface area (Å²) >= 11 is 0. The second-order valence-electron chi connectivity index (χ2n) is 6.77. The molecule has 0 aliphatic rings. The van der Waals surface area contributed by atoms with Gasteiger partial charge in [0.2, 0.25) is 3.53 Å². The molecule has 0 bridgehead atoms. The molecule has 17 heteroatoms. The lowest BCUT2D eigenvalue weighted by Gasteiger charge is -2.41. The van der Waals surface area contributed by atoms with Gasteiger partial charge < -0.3 is 14.0 Å². The van der Waals surface area contributed by atoms with Gasteiger partial charge in [-0.15, -0.1) is 0 Å². The summed E-state index contributed by atoms with van der Waals surface area (Å²) in [6, 6.07) is 0. The van der Waals surface area contributed by atoms with Crippen molar-refractivity contribution < 1.29 is 51.9 Å². The number of methoxy groups -OCH3 is 1. The maximum atomic E-state index is 13.8. The Balaban J connectivity index is 8.35. The van der Waals surface area contributed by atoms with Crippen LogP contribution >= 0.6 is 0 Å². The minimum Gasteiger partial charge on any atom is -0.364 e. The lowest BCUT2D eigenvalue weighted by atomic mass is 10.2. The summed E-state index contributed by atoms with van der Waals surface area (Å²) in [4.78, 5) is 0. The monoisotopic (exact) mass is 550 g/mol. The van der Waals surface area contributed by atoms with E-state index in [9.17, 15) is 42.4 Å². The van der Waals surface area contributed by atoms with Gasteiger partial charge in [-0.3, -0.25) is 0 Å². The first kappa shape index (κ1) is 30.7. The predicted octanol–water partition coefficient (Wildman–Crippen LogP) is -1.12. The maximum absolute atomic E-state index is 13.8. The highest BCUT2D eigenvalue weighted by Gasteiger charge is 2.61. The standard InChI is InChI=1S/C14H30O12S5/c1-8-26-12(27(6,15)16)14(4,11(25-5)29(19,20)9-2)31(23,24)13(28(7,17)18)30(21,22)10-3/h11-12H,8-10H2,1-7H3,(H,23,24). The van der Waals surface area contributed by atoms with Crippen LogP contribution in [0.15, 0.2) is 0 Å². The Kier molecular flexibility index (Phi) is 9.81. The van der Waals surface area contributed by atoms with Gasteiger partial charge >= 0.3 is 0 Å². The average molecular weight is 551 g/mol. The smallest absolute Gasteiger partial charge is 0.235 e. The van der Waals surface area contributed by atoms with Gasteiger partial charge in [0.05, 0.1) is 11.5 Å². The predicted molar refractivity (Wildman–Crippen MR) is 119 cm³/mol. The molecule has 1 N–H and O–H groups in total. The van der Waals surface area contributed by atoms with Crippen molar-refractivity contribution in [2.45, 2.75) is 43.3 Å². The summed E-state index contributed by atoms with van der Waals surface area (Å²) < 4.78 is 130. The number of hydrogen-bond acceptors (Lipinski definition) is 11. The quantitative estimate of drug-likeness (QED) is 0.323. The van der Waals surface area contributed by atoms with Crippen LogP contribution in [0.1, 0.15) is 27.7 Å². The topological polar surface area (TPSA) is 192 Å². The van der Waals surface area contributed by atoms with Crippen molar-refractivity contribution in [3.63, 3.8) is 0 Å². The van der Waals surface area contributed by atoms with E-state index in [1.807, 2.05) is 0 Å². The van der Waals surface area contributed by atoms with Crippen LogP contribution in [0, 0.1) is 0 Å². The Bertz CT molecular complexity index is 1200. The van der Waals surface area contributed by atoms with Crippen molar-refractivity contribution in [1.29, 1.82) is 0 Å². The average Bonchev–Trinajstić information content (AvgIpc) is 2.56. The normalized spacial score (nSPS) is 19.7. The zero-order valence-corrected chi connectivity index (χ0v) is 22.3. The van der Waals surface area contributed by atoms with Crippen LogP contribution in [-0.4, -0.2) is 99.3 Å². The maximum Gasteiger partial charge on any atom is 0.235 e. The first-order valence-electron chi connectivity index (χ1n) is 8.73. The van der Waals surface area contributed by atoms with Crippen LogP contribution < -0.4 is 0 Å². The summed E-state index contributed by atoms with van der Waals surface area (Å²) in [6.45, 7) is 3.69. The van der Waals surface area contributed by atoms with Crippen LogP contribution in [-0.2, 0) is 58.6 Å². The first-order valence-corrected chi connectivity index (χ1v) is 17.5. The Morgan fingerprint density at radius 1 is 0.871 bits per heavy atom. The highest BCUT2D eigenvalue weighted by molar-refractivity contribution is 8.43. The van der Waals surface area contributed by atoms with E-state index in [-0.39, 0.29) is 0 Å². The van der Waals surface area contributed by atoms with Gasteiger partial charge in [-0.05, 0) is 13.8 Å². The molecule has 188 valence electrons. The molecule has 0 spiro atoms. The van der Waals surface area contributed by atoms with Gasteiger partial charge in [-0.25, -0.2) is 37.9 Å². The third-order valence-corrected chi connectivity index (χ3v) is 16.8. The number of rotatable bonds is 10. The SMILES string of the molecule is CCOC(C(C)(C(OC)S(=O)(=O)CC)S(=O)(O)=C(S(C)(=O)=O)S(=O)(=O)CC)S(C)(=O)=O. The molecule has 0 heterocycles. The molecule has 31 heavy (non-hydrogen) atoms. The molecule has 0 aliphatic carbocycles. The molecule has 4 unspecified atom stereocenters. The van der Waals surface area contributed by atoms with E-state index in [2.05, 4.69) is 0 Å². The van der Waals surface area contributed by atoms with Crippen molar-refractivity contribution >= 4 is 52.7 Å². The Labute approximate surface area is 185 Å². The molecule has 0 aromatic rings. The lowest BCUT2D eigenvalue weighted by Crippen LogP contribution is -2.64. The van der Waals surface area contributed by atoms with E-state index in [0.29, 0.717) is 19.4 Å². The molecule has 0 saturated carbocycles. The number of ether oxygens (including phenoxy) is 2. The van der Waals surface area contributed by atoms with Gasteiger partial charge in [0.15, 0.2) is 50.2 Å². The zero-order chi connectivity index (χ0) is 25.3. The number of sulfone groups is 4. The largest absolute Gasteiger partial charge is 0.364 e. The zero-order valence-electron chi connectivity index (χ0n) is 18.3. The second kappa shape index (κ2) is 9.90. The van der Waals surface area contributed by atoms with Crippen LogP contribution in [0.4, 0.5) is 0 Å². The van der Waals surface area contributed by atoms with E-state index in [1.54, 1.807) is 0 Å². The van der Waals surface area contributed by atoms with E-state index < -0.39 is 86.4 Å². The van der Waals surface area contributed by atoms with Crippen molar-refractivity contribution in [2.75, 3.05) is 37.7 Å². The van der Waals surface area contributed by atoms with E-state index in [4.69, 9.17) is 9.47 Å². The lowest BCUT2D eigenvalue weighted by molar-refractivity contribution is 0.0395. The minimum atomic E-state index is -5.52. The van der Waals surface area contributed by atoms with Gasteiger partial charge in [-0.1, -0.05) is 13.8 Å². The molecule has 4 atom stereocenters. The Hall–Kier alpha value is -0.300. The van der Waals surface area contributed by atoms with Gasteiger partial charge in [0, 0.05) is 26.2 Å². The van der Waals surface area contributed by atoms with Crippen molar-refractivity contribution in [2.24, 2.45) is 0 Å². The van der Waals surface area contributed by atoms with Crippen molar-refractivity contribution in [1.82, 2.24) is 0 Å². The highest BCUT2D eigenvalue weighted by Crippen LogP contribution is 2.37. The molecule has 0 radical (unpaired) electrons. The Morgan fingerprint density at radius 2 is 1.32 bits per heavy atom. The van der Waals surface area contributed by atoms with Gasteiger partial charge in [0.1, 0.15) is 14.5 Å². The Morgan fingerprint density at radius 3 is 1.58 bits per heavy atom. The fourth-order valence-electron chi connectivity index (χ4n) is 3.03. The highest BCUT2D eigenvalue weighted by atomic mass is 32.3. The molecule has 0 fully saturated rings. The summed E-state index contributed by atoms with van der Waals surface area (Å²) in [5, 5.41) is 0. The van der Waals surface area contributed by atoms with Crippen molar-refractivity contribution in [3.05, 3.63) is 0 Å². The van der Waals surface area contributed by atoms with Crippen LogP contribution in [0.3, 0.4) is 0 Å². The summed E-state index contributed by atoms with van der Waals surface area (Å²) in [6.07, 6.45) is 0.916.